The fourth-order valence-electron chi connectivity index (χ4n) is 7.54. The van der Waals surface area contributed by atoms with Crippen molar-refractivity contribution in [3.05, 3.63) is 0 Å². The molecule has 0 aliphatic heterocycles. The fourth-order valence-corrected chi connectivity index (χ4v) is 7.87. The van der Waals surface area contributed by atoms with Gasteiger partial charge in [-0.1, -0.05) is 13.8 Å². The number of fused-ring (bicyclic) bond motifs is 5. The van der Waals surface area contributed by atoms with Crippen LogP contribution in [0.25, 0.3) is 0 Å². The zero-order valence-corrected chi connectivity index (χ0v) is 15.4. The van der Waals surface area contributed by atoms with Gasteiger partial charge in [0, 0.05) is 12.5 Å². The molecule has 4 rings (SSSR count). The minimum Gasteiger partial charge on any atom is -0.381 e. The van der Waals surface area contributed by atoms with Crippen molar-refractivity contribution < 1.29 is 4.74 Å². The Morgan fingerprint density at radius 3 is 2.36 bits per heavy atom. The van der Waals surface area contributed by atoms with Gasteiger partial charge < -0.3 is 4.74 Å². The SMILES string of the molecule is CO[C@H]1CC[C@H]2[C@@H]3CC[C@H]4C[C@H](Cl)CC[C@]4(C)[C@H]3CC[C@]12C. The van der Waals surface area contributed by atoms with Crippen LogP contribution in [0.4, 0.5) is 0 Å². The largest absolute Gasteiger partial charge is 0.381 e. The third kappa shape index (κ3) is 2.07. The van der Waals surface area contributed by atoms with Crippen LogP contribution in [-0.2, 0) is 4.74 Å². The summed E-state index contributed by atoms with van der Waals surface area (Å²) in [6, 6.07) is 0. The predicted octanol–water partition coefficient (Wildman–Crippen LogP) is 5.65. The van der Waals surface area contributed by atoms with Crippen LogP contribution in [0.2, 0.25) is 0 Å². The van der Waals surface area contributed by atoms with E-state index < -0.39 is 0 Å². The molecule has 0 spiro atoms. The Morgan fingerprint density at radius 1 is 0.864 bits per heavy atom. The van der Waals surface area contributed by atoms with E-state index in [-0.39, 0.29) is 0 Å². The van der Waals surface area contributed by atoms with E-state index in [1.165, 1.54) is 57.8 Å². The first-order chi connectivity index (χ1) is 10.5. The lowest BCUT2D eigenvalue weighted by Gasteiger charge is -2.60. The van der Waals surface area contributed by atoms with Crippen LogP contribution in [0.3, 0.4) is 0 Å². The highest BCUT2D eigenvalue weighted by atomic mass is 35.5. The van der Waals surface area contributed by atoms with Crippen molar-refractivity contribution in [3.63, 3.8) is 0 Å². The van der Waals surface area contributed by atoms with Crippen LogP contribution >= 0.6 is 11.6 Å². The molecule has 2 heteroatoms. The minimum atomic E-state index is 0.452. The van der Waals surface area contributed by atoms with Crippen molar-refractivity contribution in [1.29, 1.82) is 0 Å². The summed E-state index contributed by atoms with van der Waals surface area (Å²) in [5.74, 6) is 3.74. The lowest BCUT2D eigenvalue weighted by atomic mass is 9.45. The summed E-state index contributed by atoms with van der Waals surface area (Å²) in [7, 11) is 1.93. The first-order valence-corrected chi connectivity index (χ1v) is 10.1. The molecule has 4 saturated carbocycles. The Labute approximate surface area is 141 Å². The molecule has 8 atom stereocenters. The highest BCUT2D eigenvalue weighted by Gasteiger charge is 2.60. The summed E-state index contributed by atoms with van der Waals surface area (Å²) < 4.78 is 5.89. The fraction of sp³-hybridized carbons (Fsp3) is 1.00. The average Bonchev–Trinajstić information content (AvgIpc) is 2.84. The Kier molecular flexibility index (Phi) is 3.85. The van der Waals surface area contributed by atoms with Crippen molar-refractivity contribution in [3.8, 4) is 0 Å². The van der Waals surface area contributed by atoms with Gasteiger partial charge in [0.15, 0.2) is 0 Å². The van der Waals surface area contributed by atoms with Gasteiger partial charge >= 0.3 is 0 Å². The average molecular weight is 325 g/mol. The lowest BCUT2D eigenvalue weighted by molar-refractivity contribution is -0.125. The van der Waals surface area contributed by atoms with Crippen molar-refractivity contribution in [2.75, 3.05) is 7.11 Å². The molecule has 4 fully saturated rings. The molecule has 0 saturated heterocycles. The maximum Gasteiger partial charge on any atom is 0.0627 e. The number of alkyl halides is 1. The molecule has 0 amide bonds. The number of hydrogen-bond donors (Lipinski definition) is 0. The maximum atomic E-state index is 6.51. The van der Waals surface area contributed by atoms with E-state index in [2.05, 4.69) is 13.8 Å². The second-order valence-electron chi connectivity index (χ2n) is 9.37. The summed E-state index contributed by atoms with van der Waals surface area (Å²) in [4.78, 5) is 0. The summed E-state index contributed by atoms with van der Waals surface area (Å²) in [6.45, 7) is 5.17. The first kappa shape index (κ1) is 15.8. The van der Waals surface area contributed by atoms with Gasteiger partial charge in [-0.25, -0.2) is 0 Å². The number of halogens is 1. The van der Waals surface area contributed by atoms with Gasteiger partial charge in [0.2, 0.25) is 0 Å². The number of rotatable bonds is 1. The van der Waals surface area contributed by atoms with E-state index in [9.17, 15) is 0 Å². The lowest BCUT2D eigenvalue weighted by Crippen LogP contribution is -2.54. The van der Waals surface area contributed by atoms with E-state index in [0.717, 1.165) is 23.7 Å². The monoisotopic (exact) mass is 324 g/mol. The highest BCUT2D eigenvalue weighted by molar-refractivity contribution is 6.20. The molecule has 0 heterocycles. The number of ether oxygens (including phenoxy) is 1. The Hall–Kier alpha value is 0.250. The van der Waals surface area contributed by atoms with Crippen LogP contribution in [-0.4, -0.2) is 18.6 Å². The molecule has 22 heavy (non-hydrogen) atoms. The molecule has 126 valence electrons. The molecule has 0 unspecified atom stereocenters. The van der Waals surface area contributed by atoms with Crippen molar-refractivity contribution >= 4 is 11.6 Å². The molecule has 4 aliphatic rings. The summed E-state index contributed by atoms with van der Waals surface area (Å²) >= 11 is 6.51. The van der Waals surface area contributed by atoms with E-state index in [4.69, 9.17) is 16.3 Å². The molecule has 4 aliphatic carbocycles. The van der Waals surface area contributed by atoms with Crippen LogP contribution in [0.5, 0.6) is 0 Å². The summed E-state index contributed by atoms with van der Waals surface area (Å²) in [5, 5.41) is 0.452. The molecule has 0 bridgehead atoms. The molecule has 0 radical (unpaired) electrons. The van der Waals surface area contributed by atoms with E-state index in [1.807, 2.05) is 7.11 Å². The first-order valence-electron chi connectivity index (χ1n) is 9.66. The van der Waals surface area contributed by atoms with Gasteiger partial charge in [0.25, 0.3) is 0 Å². The maximum absolute atomic E-state index is 6.51. The van der Waals surface area contributed by atoms with Gasteiger partial charge in [0.1, 0.15) is 0 Å². The van der Waals surface area contributed by atoms with Crippen LogP contribution in [0.15, 0.2) is 0 Å². The van der Waals surface area contributed by atoms with E-state index in [0.29, 0.717) is 22.3 Å². The standard InChI is InChI=1S/C20H33ClO/c1-19-10-8-14(21)12-13(19)4-5-15-16-6-7-18(22-3)20(16,2)11-9-17(15)19/h13-18H,4-12H2,1-3H3/t13-,14+,15-,16-,17-,18-,19-,20-/m0/s1. The number of hydrogen-bond acceptors (Lipinski definition) is 1. The van der Waals surface area contributed by atoms with E-state index in [1.54, 1.807) is 0 Å². The summed E-state index contributed by atoms with van der Waals surface area (Å²) in [6.07, 6.45) is 12.9. The topological polar surface area (TPSA) is 9.23 Å². The third-order valence-electron chi connectivity index (χ3n) is 8.80. The van der Waals surface area contributed by atoms with Gasteiger partial charge in [0.05, 0.1) is 6.10 Å². The Balaban J connectivity index is 1.61. The molecular formula is C20H33ClO. The van der Waals surface area contributed by atoms with Crippen molar-refractivity contribution in [1.82, 2.24) is 0 Å². The van der Waals surface area contributed by atoms with Gasteiger partial charge in [-0.2, -0.15) is 0 Å². The third-order valence-corrected chi connectivity index (χ3v) is 9.20. The molecule has 1 nitrogen and oxygen atoms in total. The summed E-state index contributed by atoms with van der Waals surface area (Å²) in [5.41, 5.74) is 1.05. The number of methoxy groups -OCH3 is 1. The Morgan fingerprint density at radius 2 is 1.59 bits per heavy atom. The van der Waals surface area contributed by atoms with Crippen LogP contribution in [0, 0.1) is 34.5 Å². The quantitative estimate of drug-likeness (QED) is 0.566. The van der Waals surface area contributed by atoms with E-state index >= 15 is 0 Å². The van der Waals surface area contributed by atoms with Gasteiger partial charge in [-0.15, -0.1) is 11.6 Å². The van der Waals surface area contributed by atoms with Crippen LogP contribution in [0.1, 0.15) is 71.6 Å². The zero-order chi connectivity index (χ0) is 15.5. The second-order valence-corrected chi connectivity index (χ2v) is 9.99. The molecule has 0 aromatic carbocycles. The second kappa shape index (κ2) is 5.38. The normalized spacial score (nSPS) is 57.8. The van der Waals surface area contributed by atoms with Crippen molar-refractivity contribution in [2.45, 2.75) is 83.1 Å². The molecule has 0 aromatic heterocycles. The van der Waals surface area contributed by atoms with Gasteiger partial charge in [-0.3, -0.25) is 0 Å². The zero-order valence-electron chi connectivity index (χ0n) is 14.6. The smallest absolute Gasteiger partial charge is 0.0627 e. The van der Waals surface area contributed by atoms with Gasteiger partial charge in [-0.05, 0) is 92.3 Å². The molecular weight excluding hydrogens is 292 g/mol. The Bertz CT molecular complexity index is 437. The van der Waals surface area contributed by atoms with Crippen LogP contribution < -0.4 is 0 Å². The highest BCUT2D eigenvalue weighted by Crippen LogP contribution is 2.66. The van der Waals surface area contributed by atoms with Crippen molar-refractivity contribution in [2.24, 2.45) is 34.5 Å². The minimum absolute atomic E-state index is 0.452. The molecule has 0 N–H and O–H groups in total. The predicted molar refractivity (Wildman–Crippen MR) is 92.2 cm³/mol. The molecule has 0 aromatic rings.